The first-order valence-corrected chi connectivity index (χ1v) is 10.3. The molecule has 2 saturated heterocycles. The van der Waals surface area contributed by atoms with E-state index in [9.17, 15) is 4.79 Å². The van der Waals surface area contributed by atoms with Crippen LogP contribution in [0.5, 0.6) is 0 Å². The zero-order valence-electron chi connectivity index (χ0n) is 16.0. The molecule has 2 fully saturated rings. The van der Waals surface area contributed by atoms with Gasteiger partial charge in [-0.05, 0) is 77.2 Å². The van der Waals surface area contributed by atoms with Crippen LogP contribution in [0.2, 0.25) is 0 Å². The van der Waals surface area contributed by atoms with Gasteiger partial charge in [0.25, 0.3) is 0 Å². The zero-order valence-corrected chi connectivity index (χ0v) is 16.0. The quantitative estimate of drug-likeness (QED) is 0.475. The fourth-order valence-electron chi connectivity index (χ4n) is 4.18. The van der Waals surface area contributed by atoms with Gasteiger partial charge in [-0.2, -0.15) is 0 Å². The second-order valence-electron chi connectivity index (χ2n) is 7.85. The van der Waals surface area contributed by atoms with E-state index in [0.717, 1.165) is 24.8 Å². The predicted octanol–water partition coefficient (Wildman–Crippen LogP) is 3.55. The minimum absolute atomic E-state index is 0.0102. The number of ether oxygens (including phenoxy) is 1. The Morgan fingerprint density at radius 3 is 2.21 bits per heavy atom. The summed E-state index contributed by atoms with van der Waals surface area (Å²) in [7, 11) is 2.24. The van der Waals surface area contributed by atoms with Gasteiger partial charge in [-0.1, -0.05) is 26.2 Å². The Morgan fingerprint density at radius 2 is 1.58 bits per heavy atom. The highest BCUT2D eigenvalue weighted by Crippen LogP contribution is 2.32. The molecule has 0 saturated carbocycles. The van der Waals surface area contributed by atoms with Gasteiger partial charge in [-0.15, -0.1) is 0 Å². The molecule has 4 nitrogen and oxygen atoms in total. The molecule has 140 valence electrons. The Balaban J connectivity index is 1.52. The summed E-state index contributed by atoms with van der Waals surface area (Å²) < 4.78 is 5.34. The normalized spacial score (nSPS) is 21.9. The maximum absolute atomic E-state index is 11.8. The number of hydrogen-bond donors (Lipinski definition) is 0. The number of piperidine rings is 2. The Morgan fingerprint density at radius 1 is 0.958 bits per heavy atom. The zero-order chi connectivity index (χ0) is 17.2. The molecule has 2 aliphatic rings. The molecule has 2 heterocycles. The van der Waals surface area contributed by atoms with E-state index in [2.05, 4.69) is 23.8 Å². The van der Waals surface area contributed by atoms with Gasteiger partial charge >= 0.3 is 5.97 Å². The molecule has 0 aromatic heterocycles. The number of nitrogens with zero attached hydrogens (tertiary/aromatic N) is 2. The Bertz CT molecular complexity index is 346. The van der Waals surface area contributed by atoms with E-state index in [4.69, 9.17) is 4.74 Å². The monoisotopic (exact) mass is 338 g/mol. The van der Waals surface area contributed by atoms with Crippen LogP contribution in [0, 0.1) is 11.8 Å². The molecular formula is C20H38N2O2. The molecule has 0 atom stereocenters. The second-order valence-corrected chi connectivity index (χ2v) is 7.85. The van der Waals surface area contributed by atoms with Crippen molar-refractivity contribution >= 4 is 5.97 Å². The molecule has 0 unspecified atom stereocenters. The van der Waals surface area contributed by atoms with Gasteiger partial charge in [0.2, 0.25) is 0 Å². The molecule has 0 spiro atoms. The lowest BCUT2D eigenvalue weighted by atomic mass is 9.79. The molecule has 24 heavy (non-hydrogen) atoms. The van der Waals surface area contributed by atoms with E-state index < -0.39 is 0 Å². The van der Waals surface area contributed by atoms with Gasteiger partial charge in [-0.25, -0.2) is 0 Å². The molecule has 0 aromatic carbocycles. The lowest BCUT2D eigenvalue weighted by Gasteiger charge is -2.39. The second kappa shape index (κ2) is 11.1. The van der Waals surface area contributed by atoms with E-state index >= 15 is 0 Å². The van der Waals surface area contributed by atoms with Crippen molar-refractivity contribution in [2.75, 3.05) is 46.4 Å². The van der Waals surface area contributed by atoms with Crippen LogP contribution in [-0.4, -0.2) is 62.1 Å². The smallest absolute Gasteiger partial charge is 0.307 e. The van der Waals surface area contributed by atoms with Crippen LogP contribution in [0.3, 0.4) is 0 Å². The molecule has 0 N–H and O–H groups in total. The van der Waals surface area contributed by atoms with Crippen molar-refractivity contribution in [3.05, 3.63) is 0 Å². The maximum atomic E-state index is 11.8. The summed E-state index contributed by atoms with van der Waals surface area (Å²) >= 11 is 0. The van der Waals surface area contributed by atoms with Crippen molar-refractivity contribution in [1.82, 2.24) is 9.80 Å². The highest BCUT2D eigenvalue weighted by atomic mass is 16.5. The van der Waals surface area contributed by atoms with Crippen LogP contribution < -0.4 is 0 Å². The van der Waals surface area contributed by atoms with Gasteiger partial charge in [-0.3, -0.25) is 4.79 Å². The number of hydrogen-bond acceptors (Lipinski definition) is 4. The SMILES string of the molecule is CCCCCCOC(=O)CCN1CCC(C2CCN(C)CC2)CC1. The van der Waals surface area contributed by atoms with Gasteiger partial charge in [0, 0.05) is 6.54 Å². The number of rotatable bonds is 9. The summed E-state index contributed by atoms with van der Waals surface area (Å²) in [6.07, 6.45) is 10.6. The van der Waals surface area contributed by atoms with E-state index in [1.165, 1.54) is 71.1 Å². The molecule has 0 amide bonds. The number of esters is 1. The summed E-state index contributed by atoms with van der Waals surface area (Å²) in [5.41, 5.74) is 0. The molecular weight excluding hydrogens is 300 g/mol. The lowest BCUT2D eigenvalue weighted by Crippen LogP contribution is -2.40. The van der Waals surface area contributed by atoms with Crippen molar-refractivity contribution in [3.8, 4) is 0 Å². The first-order valence-electron chi connectivity index (χ1n) is 10.3. The van der Waals surface area contributed by atoms with Crippen molar-refractivity contribution < 1.29 is 9.53 Å². The summed E-state index contributed by atoms with van der Waals surface area (Å²) in [5, 5.41) is 0. The van der Waals surface area contributed by atoms with Gasteiger partial charge in [0.15, 0.2) is 0 Å². The number of unbranched alkanes of at least 4 members (excludes halogenated alkanes) is 3. The first-order chi connectivity index (χ1) is 11.7. The standard InChI is InChI=1S/C20H38N2O2/c1-3-4-5-6-17-24-20(23)11-16-22-14-9-19(10-15-22)18-7-12-21(2)13-8-18/h18-19H,3-17H2,1-2H3. The molecule has 0 aliphatic carbocycles. The van der Waals surface area contributed by atoms with E-state index in [-0.39, 0.29) is 5.97 Å². The van der Waals surface area contributed by atoms with Gasteiger partial charge in [0.05, 0.1) is 13.0 Å². The molecule has 0 bridgehead atoms. The third kappa shape index (κ3) is 7.10. The van der Waals surface area contributed by atoms with Crippen molar-refractivity contribution in [3.63, 3.8) is 0 Å². The molecule has 2 aliphatic heterocycles. The third-order valence-electron chi connectivity index (χ3n) is 5.96. The largest absolute Gasteiger partial charge is 0.466 e. The maximum Gasteiger partial charge on any atom is 0.307 e. The predicted molar refractivity (Wildman–Crippen MR) is 99.1 cm³/mol. The Labute approximate surface area is 148 Å². The number of carbonyl (C=O) groups is 1. The highest BCUT2D eigenvalue weighted by Gasteiger charge is 2.28. The Hall–Kier alpha value is -0.610. The third-order valence-corrected chi connectivity index (χ3v) is 5.96. The van der Waals surface area contributed by atoms with Crippen LogP contribution in [0.4, 0.5) is 0 Å². The van der Waals surface area contributed by atoms with Crippen LogP contribution in [0.25, 0.3) is 0 Å². The van der Waals surface area contributed by atoms with Crippen molar-refractivity contribution in [1.29, 1.82) is 0 Å². The summed E-state index contributed by atoms with van der Waals surface area (Å²) in [5.74, 6) is 1.85. The van der Waals surface area contributed by atoms with Crippen LogP contribution in [-0.2, 0) is 9.53 Å². The first kappa shape index (κ1) is 19.7. The molecule has 0 aromatic rings. The van der Waals surface area contributed by atoms with Crippen LogP contribution in [0.1, 0.15) is 64.7 Å². The molecule has 0 radical (unpaired) electrons. The van der Waals surface area contributed by atoms with E-state index in [1.54, 1.807) is 0 Å². The highest BCUT2D eigenvalue weighted by molar-refractivity contribution is 5.69. The number of carbonyl (C=O) groups excluding carboxylic acids is 1. The topological polar surface area (TPSA) is 32.8 Å². The van der Waals surface area contributed by atoms with E-state index in [1.807, 2.05) is 0 Å². The fraction of sp³-hybridized carbons (Fsp3) is 0.950. The minimum atomic E-state index is -0.0102. The van der Waals surface area contributed by atoms with Crippen LogP contribution in [0.15, 0.2) is 0 Å². The van der Waals surface area contributed by atoms with Gasteiger partial charge in [0.1, 0.15) is 0 Å². The van der Waals surface area contributed by atoms with Gasteiger partial charge < -0.3 is 14.5 Å². The van der Waals surface area contributed by atoms with Crippen molar-refractivity contribution in [2.45, 2.75) is 64.7 Å². The summed E-state index contributed by atoms with van der Waals surface area (Å²) in [6.45, 7) is 8.57. The Kier molecular flexibility index (Phi) is 9.11. The average Bonchev–Trinajstić information content (AvgIpc) is 2.61. The fourth-order valence-corrected chi connectivity index (χ4v) is 4.18. The number of likely N-dealkylation sites (tertiary alicyclic amines) is 2. The molecule has 4 heteroatoms. The molecule has 2 rings (SSSR count). The van der Waals surface area contributed by atoms with Crippen LogP contribution >= 0.6 is 0 Å². The summed E-state index contributed by atoms with van der Waals surface area (Å²) in [4.78, 5) is 16.7. The summed E-state index contributed by atoms with van der Waals surface area (Å²) in [6, 6.07) is 0. The lowest BCUT2D eigenvalue weighted by molar-refractivity contribution is -0.144. The average molecular weight is 339 g/mol. The van der Waals surface area contributed by atoms with Crippen molar-refractivity contribution in [2.24, 2.45) is 11.8 Å². The van der Waals surface area contributed by atoms with E-state index in [0.29, 0.717) is 13.0 Å². The minimum Gasteiger partial charge on any atom is -0.466 e.